The Morgan fingerprint density at radius 3 is 2.33 bits per heavy atom. The number of aromatic nitrogens is 2. The minimum atomic E-state index is 0.574. The fourth-order valence-corrected chi connectivity index (χ4v) is 3.02. The summed E-state index contributed by atoms with van der Waals surface area (Å²) in [6, 6.07) is 5.34. The molecule has 2 rings (SSSR count). The van der Waals surface area contributed by atoms with Crippen LogP contribution >= 0.6 is 39.1 Å². The number of nitrogens with zero attached hydrogens (tertiary/aromatic N) is 2. The quantitative estimate of drug-likeness (QED) is 0.724. The predicted octanol–water partition coefficient (Wildman–Crippen LogP) is 5.60. The van der Waals surface area contributed by atoms with Crippen LogP contribution in [0.1, 0.15) is 26.0 Å². The zero-order valence-corrected chi connectivity index (χ0v) is 15.0. The van der Waals surface area contributed by atoms with Gasteiger partial charge in [-0.1, -0.05) is 37.0 Å². The van der Waals surface area contributed by atoms with Crippen molar-refractivity contribution in [3.05, 3.63) is 38.4 Å². The summed E-state index contributed by atoms with van der Waals surface area (Å²) in [6.07, 6.45) is 1.83. The van der Waals surface area contributed by atoms with E-state index in [0.717, 1.165) is 40.9 Å². The Labute approximate surface area is 143 Å². The molecule has 6 heteroatoms. The van der Waals surface area contributed by atoms with E-state index in [1.54, 1.807) is 6.07 Å². The van der Waals surface area contributed by atoms with E-state index >= 15 is 0 Å². The molecule has 0 atom stereocenters. The summed E-state index contributed by atoms with van der Waals surface area (Å²) in [4.78, 5) is 9.18. The van der Waals surface area contributed by atoms with Crippen molar-refractivity contribution in [1.82, 2.24) is 9.97 Å². The molecule has 1 heterocycles. The maximum absolute atomic E-state index is 6.06. The monoisotopic (exact) mass is 387 g/mol. The molecule has 1 N–H and O–H groups in total. The van der Waals surface area contributed by atoms with Crippen LogP contribution in [0, 0.1) is 0 Å². The van der Waals surface area contributed by atoms with E-state index in [9.17, 15) is 0 Å². The smallest absolute Gasteiger partial charge is 0.161 e. The summed E-state index contributed by atoms with van der Waals surface area (Å²) in [5.74, 6) is 1.42. The first kappa shape index (κ1) is 16.5. The molecule has 0 fully saturated rings. The third-order valence-electron chi connectivity index (χ3n) is 2.92. The molecule has 1 aromatic heterocycles. The van der Waals surface area contributed by atoms with Gasteiger partial charge >= 0.3 is 0 Å². The molecule has 0 saturated carbocycles. The maximum Gasteiger partial charge on any atom is 0.161 e. The average Bonchev–Trinajstić information content (AvgIpc) is 2.45. The van der Waals surface area contributed by atoms with Crippen molar-refractivity contribution >= 4 is 44.9 Å². The molecular weight excluding hydrogens is 373 g/mol. The Bertz CT molecular complexity index is 627. The average molecular weight is 389 g/mol. The standard InChI is InChI=1S/C15H16BrCl2N3/c1-3-5-19-15-13(16)12(4-2)20-14(21-15)9-6-10(17)8-11(18)7-9/h6-8H,3-5H2,1-2H3,(H,19,20,21). The highest BCUT2D eigenvalue weighted by molar-refractivity contribution is 9.10. The zero-order chi connectivity index (χ0) is 15.4. The van der Waals surface area contributed by atoms with Crippen LogP contribution in [0.15, 0.2) is 22.7 Å². The molecule has 0 aliphatic rings. The Morgan fingerprint density at radius 2 is 1.76 bits per heavy atom. The van der Waals surface area contributed by atoms with Crippen LogP contribution in [0.3, 0.4) is 0 Å². The molecule has 0 aliphatic carbocycles. The molecule has 0 amide bonds. The van der Waals surface area contributed by atoms with Gasteiger partial charge in [0.1, 0.15) is 5.82 Å². The number of halogens is 3. The Morgan fingerprint density at radius 1 is 1.10 bits per heavy atom. The van der Waals surface area contributed by atoms with Gasteiger partial charge in [-0.3, -0.25) is 0 Å². The SMILES string of the molecule is CCCNc1nc(-c2cc(Cl)cc(Cl)c2)nc(CC)c1Br. The van der Waals surface area contributed by atoms with Crippen molar-refractivity contribution in [2.24, 2.45) is 0 Å². The van der Waals surface area contributed by atoms with Crippen LogP contribution in [0.25, 0.3) is 11.4 Å². The first-order chi connectivity index (χ1) is 10.0. The molecule has 0 unspecified atom stereocenters. The van der Waals surface area contributed by atoms with Crippen molar-refractivity contribution < 1.29 is 0 Å². The summed E-state index contributed by atoms with van der Waals surface area (Å²) in [6.45, 7) is 5.03. The lowest BCUT2D eigenvalue weighted by Gasteiger charge is -2.12. The second-order valence-corrected chi connectivity index (χ2v) is 6.26. The lowest BCUT2D eigenvalue weighted by molar-refractivity contribution is 0.944. The molecule has 0 spiro atoms. The first-order valence-electron chi connectivity index (χ1n) is 6.81. The number of hydrogen-bond donors (Lipinski definition) is 1. The Kier molecular flexibility index (Phi) is 5.85. The van der Waals surface area contributed by atoms with Gasteiger partial charge in [0.15, 0.2) is 5.82 Å². The Balaban J connectivity index is 2.52. The van der Waals surface area contributed by atoms with Crippen molar-refractivity contribution in [1.29, 1.82) is 0 Å². The van der Waals surface area contributed by atoms with Gasteiger partial charge in [-0.25, -0.2) is 9.97 Å². The molecule has 2 aromatic rings. The van der Waals surface area contributed by atoms with Gasteiger partial charge in [0.05, 0.1) is 10.2 Å². The molecular formula is C15H16BrCl2N3. The van der Waals surface area contributed by atoms with Crippen LogP contribution in [0.2, 0.25) is 10.0 Å². The third-order valence-corrected chi connectivity index (χ3v) is 4.19. The topological polar surface area (TPSA) is 37.8 Å². The molecule has 0 radical (unpaired) electrons. The molecule has 21 heavy (non-hydrogen) atoms. The molecule has 3 nitrogen and oxygen atoms in total. The lowest BCUT2D eigenvalue weighted by Crippen LogP contribution is -2.07. The van der Waals surface area contributed by atoms with Crippen LogP contribution in [-0.4, -0.2) is 16.5 Å². The lowest BCUT2D eigenvalue weighted by atomic mass is 10.2. The van der Waals surface area contributed by atoms with E-state index in [0.29, 0.717) is 15.9 Å². The van der Waals surface area contributed by atoms with Gasteiger partial charge in [-0.15, -0.1) is 0 Å². The highest BCUT2D eigenvalue weighted by atomic mass is 79.9. The second kappa shape index (κ2) is 7.43. The van der Waals surface area contributed by atoms with E-state index in [4.69, 9.17) is 23.2 Å². The largest absolute Gasteiger partial charge is 0.369 e. The summed E-state index contributed by atoms with van der Waals surface area (Å²) in [7, 11) is 0. The van der Waals surface area contributed by atoms with E-state index in [1.807, 2.05) is 12.1 Å². The van der Waals surface area contributed by atoms with Gasteiger partial charge in [0.2, 0.25) is 0 Å². The predicted molar refractivity (Wildman–Crippen MR) is 93.3 cm³/mol. The van der Waals surface area contributed by atoms with Gasteiger partial charge in [-0.2, -0.15) is 0 Å². The fourth-order valence-electron chi connectivity index (χ4n) is 1.90. The number of aryl methyl sites for hydroxylation is 1. The Hall–Kier alpha value is -0.840. The maximum atomic E-state index is 6.06. The minimum Gasteiger partial charge on any atom is -0.369 e. The first-order valence-corrected chi connectivity index (χ1v) is 8.36. The van der Waals surface area contributed by atoms with Crippen LogP contribution in [0.4, 0.5) is 5.82 Å². The van der Waals surface area contributed by atoms with Crippen LogP contribution < -0.4 is 5.32 Å². The van der Waals surface area contributed by atoms with Gasteiger partial charge in [0.25, 0.3) is 0 Å². The van der Waals surface area contributed by atoms with Crippen molar-refractivity contribution in [3.63, 3.8) is 0 Å². The summed E-state index contributed by atoms with van der Waals surface area (Å²) >= 11 is 15.7. The number of nitrogens with one attached hydrogen (secondary N) is 1. The molecule has 1 aromatic carbocycles. The normalized spacial score (nSPS) is 10.7. The molecule has 0 aliphatic heterocycles. The van der Waals surface area contributed by atoms with E-state index in [1.165, 1.54) is 0 Å². The van der Waals surface area contributed by atoms with Gasteiger partial charge in [-0.05, 0) is 47.0 Å². The number of benzene rings is 1. The van der Waals surface area contributed by atoms with Gasteiger partial charge < -0.3 is 5.32 Å². The molecule has 112 valence electrons. The van der Waals surface area contributed by atoms with E-state index in [2.05, 4.69) is 45.1 Å². The van der Waals surface area contributed by atoms with Crippen molar-refractivity contribution in [2.45, 2.75) is 26.7 Å². The molecule has 0 bridgehead atoms. The second-order valence-electron chi connectivity index (χ2n) is 4.59. The van der Waals surface area contributed by atoms with Crippen molar-refractivity contribution in [2.75, 3.05) is 11.9 Å². The summed E-state index contributed by atoms with van der Waals surface area (Å²) in [5, 5.41) is 4.46. The summed E-state index contributed by atoms with van der Waals surface area (Å²) in [5.41, 5.74) is 1.77. The number of hydrogen-bond acceptors (Lipinski definition) is 3. The third kappa shape index (κ3) is 4.09. The van der Waals surface area contributed by atoms with Gasteiger partial charge in [0, 0.05) is 22.2 Å². The molecule has 0 saturated heterocycles. The zero-order valence-electron chi connectivity index (χ0n) is 11.9. The van der Waals surface area contributed by atoms with E-state index < -0.39 is 0 Å². The number of anilines is 1. The highest BCUT2D eigenvalue weighted by Gasteiger charge is 2.13. The fraction of sp³-hybridized carbons (Fsp3) is 0.333. The van der Waals surface area contributed by atoms with Crippen molar-refractivity contribution in [3.8, 4) is 11.4 Å². The minimum absolute atomic E-state index is 0.574. The van der Waals surface area contributed by atoms with Crippen LogP contribution in [0.5, 0.6) is 0 Å². The highest BCUT2D eigenvalue weighted by Crippen LogP contribution is 2.30. The van der Waals surface area contributed by atoms with Crippen LogP contribution in [-0.2, 0) is 6.42 Å². The number of rotatable bonds is 5. The summed E-state index contributed by atoms with van der Waals surface area (Å²) < 4.78 is 0.912. The van der Waals surface area contributed by atoms with E-state index in [-0.39, 0.29) is 0 Å².